The van der Waals surface area contributed by atoms with Crippen molar-refractivity contribution in [3.05, 3.63) is 0 Å². The first-order chi connectivity index (χ1) is 7.85. The van der Waals surface area contributed by atoms with Crippen molar-refractivity contribution in [2.45, 2.75) is 32.7 Å². The fraction of sp³-hybridized carbons (Fsp3) is 1.00. The molecule has 0 spiro atoms. The third kappa shape index (κ3) is 2.76. The normalized spacial score (nSPS) is 32.6. The van der Waals surface area contributed by atoms with E-state index in [-0.39, 0.29) is 0 Å². The van der Waals surface area contributed by atoms with Crippen LogP contribution in [0.15, 0.2) is 0 Å². The lowest BCUT2D eigenvalue weighted by Crippen LogP contribution is -2.56. The average Bonchev–Trinajstić information content (AvgIpc) is 2.29. The molecule has 1 heterocycles. The highest BCUT2D eigenvalue weighted by atomic mass is 15.3. The molecule has 2 atom stereocenters. The van der Waals surface area contributed by atoms with Crippen LogP contribution in [0.5, 0.6) is 0 Å². The van der Waals surface area contributed by atoms with E-state index in [9.17, 15) is 0 Å². The van der Waals surface area contributed by atoms with Gasteiger partial charge in [0.2, 0.25) is 0 Å². The molecule has 0 aromatic rings. The zero-order valence-electron chi connectivity index (χ0n) is 10.9. The first-order valence-corrected chi connectivity index (χ1v) is 7.02. The van der Waals surface area contributed by atoms with Gasteiger partial charge in [-0.05, 0) is 38.4 Å². The van der Waals surface area contributed by atoms with Crippen molar-refractivity contribution >= 4 is 0 Å². The Hall–Kier alpha value is -0.120. The number of piperazine rings is 1. The minimum Gasteiger partial charge on any atom is -0.317 e. The Kier molecular flexibility index (Phi) is 4.62. The van der Waals surface area contributed by atoms with E-state index < -0.39 is 0 Å². The van der Waals surface area contributed by atoms with E-state index in [1.54, 1.807) is 0 Å². The van der Waals surface area contributed by atoms with Crippen molar-refractivity contribution < 1.29 is 0 Å². The maximum atomic E-state index is 3.50. The first kappa shape index (κ1) is 12.3. The monoisotopic (exact) mass is 225 g/mol. The lowest BCUT2D eigenvalue weighted by molar-refractivity contribution is 0.0226. The summed E-state index contributed by atoms with van der Waals surface area (Å²) in [5.74, 6) is 0.924. The van der Waals surface area contributed by atoms with Gasteiger partial charge in [0.05, 0.1) is 0 Å². The molecule has 1 saturated heterocycles. The highest BCUT2D eigenvalue weighted by Crippen LogP contribution is 2.32. The number of rotatable bonds is 5. The van der Waals surface area contributed by atoms with Gasteiger partial charge in [0.1, 0.15) is 0 Å². The Morgan fingerprint density at radius 1 is 1.06 bits per heavy atom. The molecule has 3 nitrogen and oxygen atoms in total. The van der Waals surface area contributed by atoms with Crippen molar-refractivity contribution in [3.8, 4) is 0 Å². The second kappa shape index (κ2) is 5.99. The van der Waals surface area contributed by atoms with Gasteiger partial charge < -0.3 is 10.2 Å². The molecule has 1 saturated carbocycles. The molecule has 1 aliphatic carbocycles. The minimum atomic E-state index is 0.887. The van der Waals surface area contributed by atoms with Crippen LogP contribution in [-0.2, 0) is 0 Å². The summed E-state index contributed by atoms with van der Waals surface area (Å²) in [6, 6.07) is 0.887. The maximum absolute atomic E-state index is 3.50. The smallest absolute Gasteiger partial charge is 0.0137 e. The molecule has 16 heavy (non-hydrogen) atoms. The summed E-state index contributed by atoms with van der Waals surface area (Å²) in [7, 11) is 0. The Labute approximate surface area is 100 Å². The van der Waals surface area contributed by atoms with Gasteiger partial charge >= 0.3 is 0 Å². The summed E-state index contributed by atoms with van der Waals surface area (Å²) in [4.78, 5) is 5.30. The van der Waals surface area contributed by atoms with Gasteiger partial charge in [-0.25, -0.2) is 0 Å². The molecule has 3 heteroatoms. The van der Waals surface area contributed by atoms with Gasteiger partial charge in [-0.3, -0.25) is 4.90 Å². The molecule has 1 N–H and O–H groups in total. The third-order valence-corrected chi connectivity index (χ3v) is 4.36. The van der Waals surface area contributed by atoms with Crippen LogP contribution in [0.2, 0.25) is 0 Å². The summed E-state index contributed by atoms with van der Waals surface area (Å²) in [5, 5.41) is 3.50. The summed E-state index contributed by atoms with van der Waals surface area (Å²) < 4.78 is 0. The van der Waals surface area contributed by atoms with E-state index in [4.69, 9.17) is 0 Å². The molecule has 1 aliphatic heterocycles. The van der Waals surface area contributed by atoms with Crippen LogP contribution < -0.4 is 5.32 Å². The number of hydrogen-bond acceptors (Lipinski definition) is 3. The zero-order valence-corrected chi connectivity index (χ0v) is 10.9. The first-order valence-electron chi connectivity index (χ1n) is 7.02. The molecule has 0 aromatic heterocycles. The summed E-state index contributed by atoms with van der Waals surface area (Å²) in [6.45, 7) is 13.2. The molecule has 2 rings (SSSR count). The largest absolute Gasteiger partial charge is 0.317 e. The summed E-state index contributed by atoms with van der Waals surface area (Å²) in [5.41, 5.74) is 0. The minimum absolute atomic E-state index is 0.887. The van der Waals surface area contributed by atoms with E-state index in [2.05, 4.69) is 29.0 Å². The van der Waals surface area contributed by atoms with Crippen LogP contribution in [-0.4, -0.2) is 61.7 Å². The summed E-state index contributed by atoms with van der Waals surface area (Å²) in [6.07, 6.45) is 2.87. The highest BCUT2D eigenvalue weighted by Gasteiger charge is 2.35. The highest BCUT2D eigenvalue weighted by molar-refractivity contribution is 4.91. The number of nitrogens with zero attached hydrogens (tertiary/aromatic N) is 2. The molecular formula is C13H27N3. The molecule has 0 bridgehead atoms. The molecule has 0 radical (unpaired) electrons. The number of likely N-dealkylation sites (N-methyl/N-ethyl adjacent to an activating group) is 1. The van der Waals surface area contributed by atoms with Crippen molar-refractivity contribution in [2.24, 2.45) is 5.92 Å². The zero-order chi connectivity index (χ0) is 11.4. The topological polar surface area (TPSA) is 18.5 Å². The molecular weight excluding hydrogens is 198 g/mol. The maximum Gasteiger partial charge on any atom is 0.0137 e. The van der Waals surface area contributed by atoms with Crippen molar-refractivity contribution in [1.29, 1.82) is 0 Å². The average molecular weight is 225 g/mol. The molecule has 94 valence electrons. The van der Waals surface area contributed by atoms with Crippen molar-refractivity contribution in [1.82, 2.24) is 15.1 Å². The Morgan fingerprint density at radius 2 is 1.81 bits per heavy atom. The van der Waals surface area contributed by atoms with E-state index in [1.165, 1.54) is 52.1 Å². The Balaban J connectivity index is 1.72. The van der Waals surface area contributed by atoms with Gasteiger partial charge in [-0.15, -0.1) is 0 Å². The fourth-order valence-electron chi connectivity index (χ4n) is 3.01. The predicted molar refractivity (Wildman–Crippen MR) is 68.7 cm³/mol. The van der Waals surface area contributed by atoms with Crippen LogP contribution in [0.4, 0.5) is 0 Å². The summed E-state index contributed by atoms with van der Waals surface area (Å²) >= 11 is 0. The van der Waals surface area contributed by atoms with Crippen LogP contribution in [0.3, 0.4) is 0 Å². The Bertz CT molecular complexity index is 199. The van der Waals surface area contributed by atoms with Crippen molar-refractivity contribution in [2.75, 3.05) is 45.8 Å². The molecule has 2 aliphatic rings. The van der Waals surface area contributed by atoms with Crippen molar-refractivity contribution in [3.63, 3.8) is 0 Å². The lowest BCUT2D eigenvalue weighted by atomic mass is 9.78. The fourth-order valence-corrected chi connectivity index (χ4v) is 3.01. The Morgan fingerprint density at radius 3 is 2.31 bits per heavy atom. The molecule has 2 fully saturated rings. The van der Waals surface area contributed by atoms with Crippen LogP contribution in [0, 0.1) is 5.92 Å². The number of nitrogens with one attached hydrogen (secondary N) is 1. The standard InChI is InChI=1S/C13H27N3/c1-3-14-11-12-5-6-13(12)16-9-7-15(4-2)8-10-16/h12-14H,3-11H2,1-2H3. The van der Waals surface area contributed by atoms with Gasteiger partial charge in [-0.1, -0.05) is 13.8 Å². The molecule has 0 aromatic carbocycles. The predicted octanol–water partition coefficient (Wildman–Crippen LogP) is 1.01. The quantitative estimate of drug-likeness (QED) is 0.753. The van der Waals surface area contributed by atoms with Gasteiger partial charge in [0, 0.05) is 32.2 Å². The second-order valence-corrected chi connectivity index (χ2v) is 5.18. The van der Waals surface area contributed by atoms with Crippen LogP contribution in [0.25, 0.3) is 0 Å². The van der Waals surface area contributed by atoms with E-state index in [0.717, 1.165) is 18.5 Å². The molecule has 2 unspecified atom stereocenters. The third-order valence-electron chi connectivity index (χ3n) is 4.36. The van der Waals surface area contributed by atoms with Gasteiger partial charge in [0.15, 0.2) is 0 Å². The van der Waals surface area contributed by atoms with Gasteiger partial charge in [0.25, 0.3) is 0 Å². The van der Waals surface area contributed by atoms with E-state index >= 15 is 0 Å². The lowest BCUT2D eigenvalue weighted by Gasteiger charge is -2.47. The number of hydrogen-bond donors (Lipinski definition) is 1. The van der Waals surface area contributed by atoms with E-state index in [0.29, 0.717) is 0 Å². The second-order valence-electron chi connectivity index (χ2n) is 5.18. The van der Waals surface area contributed by atoms with Crippen LogP contribution in [0.1, 0.15) is 26.7 Å². The molecule has 0 amide bonds. The van der Waals surface area contributed by atoms with Gasteiger partial charge in [-0.2, -0.15) is 0 Å². The van der Waals surface area contributed by atoms with E-state index in [1.807, 2.05) is 0 Å². The van der Waals surface area contributed by atoms with Crippen LogP contribution >= 0.6 is 0 Å². The SMILES string of the molecule is CCNCC1CCC1N1CCN(CC)CC1.